The molecule has 7 aromatic heterocycles. The van der Waals surface area contributed by atoms with Gasteiger partial charge in [-0.25, -0.2) is 0 Å². The molecule has 0 fully saturated rings. The van der Waals surface area contributed by atoms with E-state index in [1.165, 1.54) is 0 Å². The molecule has 8 nitrogen and oxygen atoms in total. The number of para-hydroxylation sites is 4. The maximum absolute atomic E-state index is 12.4. The number of hydrogen-bond donors (Lipinski definition) is 0. The molecular weight excluding hydrogens is 813 g/mol. The summed E-state index contributed by atoms with van der Waals surface area (Å²) in [7, 11) is 0. The van der Waals surface area contributed by atoms with Crippen LogP contribution in [0.3, 0.4) is 0 Å². The average Bonchev–Trinajstić information content (AvgIpc) is 4.14. The number of pyridine rings is 3. The number of benzene rings is 7. The highest BCUT2D eigenvalue weighted by molar-refractivity contribution is 6.24. The summed E-state index contributed by atoms with van der Waals surface area (Å²) in [5, 5.41) is 20.3. The van der Waals surface area contributed by atoms with E-state index in [4.69, 9.17) is 23.8 Å². The topological polar surface area (TPSA) is 98.6 Å². The molecule has 0 spiro atoms. The quantitative estimate of drug-likeness (QED) is 0.171. The fourth-order valence-electron chi connectivity index (χ4n) is 10.5. The Kier molecular flexibility index (Phi) is 7.59. The molecule has 0 aliphatic rings. The van der Waals surface area contributed by atoms with Gasteiger partial charge in [0.15, 0.2) is 11.2 Å². The lowest BCUT2D eigenvalue weighted by Crippen LogP contribution is -2.12. The normalized spacial score (nSPS) is 11.9. The van der Waals surface area contributed by atoms with Crippen LogP contribution in [-0.2, 0) is 0 Å². The molecule has 0 aliphatic heterocycles. The van der Waals surface area contributed by atoms with Crippen molar-refractivity contribution in [2.45, 2.75) is 0 Å². The highest BCUT2D eigenvalue weighted by atomic mass is 16.3. The molecule has 306 valence electrons. The Labute approximate surface area is 375 Å². The Morgan fingerprint density at radius 1 is 0.364 bits per heavy atom. The molecule has 0 unspecified atom stereocenters. The van der Waals surface area contributed by atoms with Gasteiger partial charge in [0.2, 0.25) is 0 Å². The monoisotopic (exact) mass is 844 g/mol. The zero-order valence-electron chi connectivity index (χ0n) is 35.0. The third-order valence-electron chi connectivity index (χ3n) is 13.1. The molecule has 0 atom stereocenters. The Morgan fingerprint density at radius 3 is 1.17 bits per heavy atom. The summed E-state index contributed by atoms with van der Waals surface area (Å²) >= 11 is 0. The zero-order chi connectivity index (χ0) is 43.5. The summed E-state index contributed by atoms with van der Waals surface area (Å²) in [5.41, 5.74) is 12.4. The Bertz CT molecular complexity index is 4090. The van der Waals surface area contributed by atoms with Crippen LogP contribution in [-0.4, -0.2) is 24.1 Å². The van der Waals surface area contributed by atoms with Crippen molar-refractivity contribution in [3.63, 3.8) is 0 Å². The van der Waals surface area contributed by atoms with E-state index < -0.39 is 0 Å². The Hall–Kier alpha value is -9.32. The second-order valence-electron chi connectivity index (χ2n) is 16.5. The van der Waals surface area contributed by atoms with Crippen LogP contribution in [0.15, 0.2) is 203 Å². The van der Waals surface area contributed by atoms with Crippen molar-refractivity contribution in [3.8, 4) is 51.2 Å². The van der Waals surface area contributed by atoms with E-state index in [0.29, 0.717) is 34.0 Å². The van der Waals surface area contributed by atoms with Crippen molar-refractivity contribution in [2.24, 2.45) is 0 Å². The van der Waals surface area contributed by atoms with E-state index in [2.05, 4.69) is 88.0 Å². The van der Waals surface area contributed by atoms with Crippen molar-refractivity contribution >= 4 is 87.5 Å². The first-order valence-corrected chi connectivity index (χ1v) is 21.8. The maximum atomic E-state index is 12.4. The van der Waals surface area contributed by atoms with E-state index in [-0.39, 0.29) is 0 Å². The van der Waals surface area contributed by atoms with Crippen LogP contribution in [0.25, 0.3) is 133 Å². The number of hydrogen-bond acceptors (Lipinski definition) is 6. The Balaban J connectivity index is 1.31. The molecule has 7 heterocycles. The number of aromatic nitrogens is 5. The lowest BCUT2D eigenvalue weighted by atomic mass is 9.86. The van der Waals surface area contributed by atoms with Gasteiger partial charge >= 0.3 is 0 Å². The number of fused-ring (bicyclic) bond motifs is 14. The molecule has 0 saturated heterocycles. The van der Waals surface area contributed by atoms with Crippen LogP contribution in [0.4, 0.5) is 0 Å². The van der Waals surface area contributed by atoms with E-state index in [9.17, 15) is 5.26 Å². The smallest absolute Gasteiger partial charge is 0.160 e. The number of rotatable bonds is 5. The molecule has 0 radical (unpaired) electrons. The molecule has 0 amide bonds. The first-order valence-electron chi connectivity index (χ1n) is 21.8. The van der Waals surface area contributed by atoms with E-state index >= 15 is 0 Å². The molecule has 0 aliphatic carbocycles. The van der Waals surface area contributed by atoms with Crippen LogP contribution in [0, 0.1) is 11.3 Å². The lowest BCUT2D eigenvalue weighted by molar-refractivity contribution is 0.671. The second kappa shape index (κ2) is 13.8. The zero-order valence-corrected chi connectivity index (χ0v) is 35.0. The van der Waals surface area contributed by atoms with E-state index in [1.54, 1.807) is 12.4 Å². The minimum atomic E-state index is 0.405. The number of nitriles is 1. The number of furan rings is 2. The molecule has 14 aromatic rings. The molecule has 66 heavy (non-hydrogen) atoms. The van der Waals surface area contributed by atoms with E-state index in [1.807, 2.05) is 109 Å². The summed E-state index contributed by atoms with van der Waals surface area (Å²) in [6.07, 6.45) is 5.42. The average molecular weight is 845 g/mol. The molecule has 0 bridgehead atoms. The predicted molar refractivity (Wildman–Crippen MR) is 264 cm³/mol. The van der Waals surface area contributed by atoms with E-state index in [0.717, 1.165) is 104 Å². The van der Waals surface area contributed by atoms with Gasteiger partial charge in [0.1, 0.15) is 22.8 Å². The van der Waals surface area contributed by atoms with Crippen LogP contribution in [0.1, 0.15) is 5.56 Å². The van der Waals surface area contributed by atoms with Crippen LogP contribution in [0.5, 0.6) is 0 Å². The van der Waals surface area contributed by atoms with Crippen molar-refractivity contribution in [3.05, 3.63) is 200 Å². The highest BCUT2D eigenvalue weighted by Crippen LogP contribution is 2.52. The first kappa shape index (κ1) is 36.2. The summed E-state index contributed by atoms with van der Waals surface area (Å²) in [6, 6.07) is 62.3. The van der Waals surface area contributed by atoms with Crippen molar-refractivity contribution in [1.82, 2.24) is 24.1 Å². The summed E-state index contributed by atoms with van der Waals surface area (Å²) in [6.45, 7) is 0. The minimum absolute atomic E-state index is 0.405. The lowest BCUT2D eigenvalue weighted by Gasteiger charge is -2.26. The van der Waals surface area contributed by atoms with Gasteiger partial charge in [-0.2, -0.15) is 5.26 Å². The van der Waals surface area contributed by atoms with Gasteiger partial charge < -0.3 is 18.0 Å². The van der Waals surface area contributed by atoms with Crippen LogP contribution < -0.4 is 0 Å². The highest BCUT2D eigenvalue weighted by Gasteiger charge is 2.34. The second-order valence-corrected chi connectivity index (χ2v) is 16.5. The Morgan fingerprint density at radius 2 is 0.742 bits per heavy atom. The minimum Gasteiger partial charge on any atom is -0.454 e. The first-order chi connectivity index (χ1) is 32.8. The summed E-state index contributed by atoms with van der Waals surface area (Å²) in [4.78, 5) is 15.4. The molecule has 14 rings (SSSR count). The fourth-order valence-corrected chi connectivity index (χ4v) is 10.5. The number of nitrogens with zero attached hydrogens (tertiary/aromatic N) is 6. The fraction of sp³-hybridized carbons (Fsp3) is 0. The van der Waals surface area contributed by atoms with Crippen molar-refractivity contribution in [2.75, 3.05) is 0 Å². The molecule has 8 heteroatoms. The van der Waals surface area contributed by atoms with Crippen LogP contribution in [0.2, 0.25) is 0 Å². The van der Waals surface area contributed by atoms with Gasteiger partial charge in [-0.3, -0.25) is 15.0 Å². The van der Waals surface area contributed by atoms with Crippen LogP contribution >= 0.6 is 0 Å². The maximum Gasteiger partial charge on any atom is 0.160 e. The van der Waals surface area contributed by atoms with Gasteiger partial charge in [0.05, 0.1) is 50.5 Å². The standard InChI is InChI=1S/C58H32N6O2/c59-33-42-53(63-46-22-5-1-15-34(46)38-26-28-40-36-17-3-7-24-48(36)65-57(40)55(38)63)51(44-20-10-13-31-61-44)50(43-19-9-12-30-60-43)52(45-21-11-14-32-62-45)54(42)64-47-23-6-2-16-35(47)39-27-29-41-37-18-4-8-25-49(37)66-58(41)56(39)64/h1-32H. The van der Waals surface area contributed by atoms with Gasteiger partial charge in [-0.15, -0.1) is 0 Å². The summed E-state index contributed by atoms with van der Waals surface area (Å²) < 4.78 is 18.3. The molecular formula is C58H32N6O2. The third kappa shape index (κ3) is 4.94. The third-order valence-corrected chi connectivity index (χ3v) is 13.1. The van der Waals surface area contributed by atoms with Gasteiger partial charge in [-0.05, 0) is 72.8 Å². The summed E-state index contributed by atoms with van der Waals surface area (Å²) in [5.74, 6) is 0. The molecule has 0 saturated carbocycles. The SMILES string of the molecule is N#Cc1c(-n2c3ccccc3c3ccc4c5ccccc5oc4c32)c(-c2ccccn2)c(-c2ccccn2)c(-c2ccccn2)c1-n1c2ccccc2c2ccc3c4ccccc4oc3c21. The molecule has 7 aromatic carbocycles. The largest absolute Gasteiger partial charge is 0.454 e. The van der Waals surface area contributed by atoms with Gasteiger partial charge in [0, 0.05) is 78.4 Å². The predicted octanol–water partition coefficient (Wildman–Crippen LogP) is 14.7. The van der Waals surface area contributed by atoms with Crippen molar-refractivity contribution in [1.29, 1.82) is 5.26 Å². The van der Waals surface area contributed by atoms with Gasteiger partial charge in [0.25, 0.3) is 0 Å². The van der Waals surface area contributed by atoms with Crippen molar-refractivity contribution < 1.29 is 8.83 Å². The van der Waals surface area contributed by atoms with Gasteiger partial charge in [-0.1, -0.05) is 103 Å². The molecule has 0 N–H and O–H groups in total.